The molecule has 1 aromatic rings. The number of likely N-dealkylation sites (tertiary alicyclic amines) is 1. The van der Waals surface area contributed by atoms with E-state index in [9.17, 15) is 20.0 Å². The maximum absolute atomic E-state index is 12.3. The Morgan fingerprint density at radius 3 is 2.84 bits per heavy atom. The highest BCUT2D eigenvalue weighted by atomic mass is 32.1. The third-order valence-corrected chi connectivity index (χ3v) is 5.11. The van der Waals surface area contributed by atoms with E-state index in [1.54, 1.807) is 4.90 Å². The highest BCUT2D eigenvalue weighted by Gasteiger charge is 2.43. The lowest BCUT2D eigenvalue weighted by molar-refractivity contribution is -0.380. The van der Waals surface area contributed by atoms with Crippen LogP contribution in [0.5, 0.6) is 0 Å². The van der Waals surface area contributed by atoms with Gasteiger partial charge in [0.1, 0.15) is 0 Å². The Hall–Kier alpha value is -1.47. The van der Waals surface area contributed by atoms with Crippen molar-refractivity contribution in [1.82, 2.24) is 4.90 Å². The number of fused-ring (bicyclic) bond motifs is 1. The molecule has 1 amide bonds. The molecule has 102 valence electrons. The number of nitrogens with zero attached hydrogens (tertiary/aromatic N) is 2. The Balaban J connectivity index is 1.73. The summed E-state index contributed by atoms with van der Waals surface area (Å²) in [4.78, 5) is 24.5. The molecule has 0 aromatic carbocycles. The van der Waals surface area contributed by atoms with Crippen molar-refractivity contribution < 1.29 is 14.8 Å². The number of rotatable bonds is 2. The van der Waals surface area contributed by atoms with E-state index in [-0.39, 0.29) is 22.9 Å². The molecule has 1 aliphatic carbocycles. The normalized spacial score (nSPS) is 29.5. The van der Waals surface area contributed by atoms with Crippen LogP contribution in [-0.4, -0.2) is 40.0 Å². The van der Waals surface area contributed by atoms with Gasteiger partial charge < -0.3 is 10.0 Å². The fraction of sp³-hybridized carbons (Fsp3) is 0.583. The van der Waals surface area contributed by atoms with Crippen LogP contribution in [0.2, 0.25) is 0 Å². The smallest absolute Gasteiger partial charge is 0.324 e. The molecule has 3 rings (SSSR count). The fourth-order valence-corrected chi connectivity index (χ4v) is 3.89. The predicted octanol–water partition coefficient (Wildman–Crippen LogP) is 1.50. The van der Waals surface area contributed by atoms with Crippen molar-refractivity contribution in [2.75, 3.05) is 13.1 Å². The van der Waals surface area contributed by atoms with Crippen LogP contribution in [0.4, 0.5) is 5.00 Å². The minimum atomic E-state index is -0.482. The average molecular weight is 282 g/mol. The van der Waals surface area contributed by atoms with E-state index >= 15 is 0 Å². The molecule has 0 bridgehead atoms. The average Bonchev–Trinajstić information content (AvgIpc) is 3.05. The molecule has 1 aliphatic heterocycles. The number of hydrogen-bond acceptors (Lipinski definition) is 5. The summed E-state index contributed by atoms with van der Waals surface area (Å²) in [7, 11) is 0. The molecule has 3 unspecified atom stereocenters. The third kappa shape index (κ3) is 2.12. The summed E-state index contributed by atoms with van der Waals surface area (Å²) in [5, 5.41) is 20.4. The SMILES string of the molecule is O=C(c1ccc([N+](=O)[O-])s1)N1CC2CCC(O)C2C1. The van der Waals surface area contributed by atoms with Crippen molar-refractivity contribution in [3.8, 4) is 0 Å². The zero-order valence-electron chi connectivity index (χ0n) is 10.2. The van der Waals surface area contributed by atoms with Gasteiger partial charge in [0.15, 0.2) is 0 Å². The van der Waals surface area contributed by atoms with E-state index in [0.29, 0.717) is 23.9 Å². The molecular formula is C12H14N2O4S. The molecule has 1 aromatic heterocycles. The van der Waals surface area contributed by atoms with Crippen LogP contribution >= 0.6 is 11.3 Å². The summed E-state index contributed by atoms with van der Waals surface area (Å²) in [6.07, 6.45) is 1.47. The second kappa shape index (κ2) is 4.57. The second-order valence-electron chi connectivity index (χ2n) is 5.17. The lowest BCUT2D eigenvalue weighted by Gasteiger charge is -2.17. The number of aliphatic hydroxyl groups is 1. The van der Waals surface area contributed by atoms with Crippen molar-refractivity contribution in [2.24, 2.45) is 11.8 Å². The predicted molar refractivity (Wildman–Crippen MR) is 69.1 cm³/mol. The molecule has 19 heavy (non-hydrogen) atoms. The number of nitro groups is 1. The summed E-state index contributed by atoms with van der Waals surface area (Å²) in [5.74, 6) is 0.410. The van der Waals surface area contributed by atoms with Crippen LogP contribution in [0.3, 0.4) is 0 Å². The van der Waals surface area contributed by atoms with Crippen molar-refractivity contribution in [3.05, 3.63) is 27.1 Å². The number of amides is 1. The summed E-state index contributed by atoms with van der Waals surface area (Å²) >= 11 is 0.912. The van der Waals surface area contributed by atoms with Gasteiger partial charge in [-0.15, -0.1) is 0 Å². The molecule has 1 saturated carbocycles. The fourth-order valence-electron chi connectivity index (χ4n) is 3.10. The standard InChI is InChI=1S/C12H14N2O4S/c15-9-2-1-7-5-13(6-8(7)9)12(16)10-3-4-11(19-10)14(17)18/h3-4,7-9,15H,1-2,5-6H2. The molecule has 2 aliphatic rings. The molecular weight excluding hydrogens is 268 g/mol. The summed E-state index contributed by atoms with van der Waals surface area (Å²) in [5.41, 5.74) is 0. The van der Waals surface area contributed by atoms with Crippen LogP contribution < -0.4 is 0 Å². The van der Waals surface area contributed by atoms with Crippen LogP contribution in [0, 0.1) is 22.0 Å². The quantitative estimate of drug-likeness (QED) is 0.658. The molecule has 3 atom stereocenters. The molecule has 1 N–H and O–H groups in total. The van der Waals surface area contributed by atoms with Crippen molar-refractivity contribution in [1.29, 1.82) is 0 Å². The molecule has 2 fully saturated rings. The number of carbonyl (C=O) groups is 1. The van der Waals surface area contributed by atoms with E-state index < -0.39 is 4.92 Å². The number of aliphatic hydroxyl groups excluding tert-OH is 1. The van der Waals surface area contributed by atoms with Gasteiger partial charge in [0, 0.05) is 25.1 Å². The molecule has 2 heterocycles. The van der Waals surface area contributed by atoms with Gasteiger partial charge in [0.05, 0.1) is 15.9 Å². The van der Waals surface area contributed by atoms with E-state index in [0.717, 1.165) is 24.2 Å². The minimum Gasteiger partial charge on any atom is -0.393 e. The molecule has 0 radical (unpaired) electrons. The van der Waals surface area contributed by atoms with Gasteiger partial charge in [-0.3, -0.25) is 14.9 Å². The van der Waals surface area contributed by atoms with Crippen LogP contribution in [-0.2, 0) is 0 Å². The van der Waals surface area contributed by atoms with Crippen LogP contribution in [0.25, 0.3) is 0 Å². The molecule has 6 nitrogen and oxygen atoms in total. The van der Waals surface area contributed by atoms with Crippen LogP contribution in [0.15, 0.2) is 12.1 Å². The Kier molecular flexibility index (Phi) is 3.02. The molecule has 0 spiro atoms. The van der Waals surface area contributed by atoms with Gasteiger partial charge in [-0.25, -0.2) is 0 Å². The van der Waals surface area contributed by atoms with Gasteiger partial charge in [-0.05, 0) is 24.8 Å². The first kappa shape index (κ1) is 12.6. The molecule has 1 saturated heterocycles. The topological polar surface area (TPSA) is 83.7 Å². The lowest BCUT2D eigenvalue weighted by Crippen LogP contribution is -2.30. The first-order chi connectivity index (χ1) is 9.06. The summed E-state index contributed by atoms with van der Waals surface area (Å²) in [6.45, 7) is 1.22. The van der Waals surface area contributed by atoms with Gasteiger partial charge >= 0.3 is 5.00 Å². The highest BCUT2D eigenvalue weighted by Crippen LogP contribution is 2.39. The van der Waals surface area contributed by atoms with E-state index in [4.69, 9.17) is 0 Å². The van der Waals surface area contributed by atoms with Crippen molar-refractivity contribution >= 4 is 22.2 Å². The van der Waals surface area contributed by atoms with E-state index in [1.807, 2.05) is 0 Å². The van der Waals surface area contributed by atoms with Crippen LogP contribution in [0.1, 0.15) is 22.5 Å². The monoisotopic (exact) mass is 282 g/mol. The lowest BCUT2D eigenvalue weighted by atomic mass is 10.00. The van der Waals surface area contributed by atoms with Crippen molar-refractivity contribution in [3.63, 3.8) is 0 Å². The summed E-state index contributed by atoms with van der Waals surface area (Å²) < 4.78 is 0. The third-order valence-electron chi connectivity index (χ3n) is 4.09. The van der Waals surface area contributed by atoms with Gasteiger partial charge in [-0.2, -0.15) is 0 Å². The molecule has 7 heteroatoms. The Bertz CT molecular complexity index is 530. The maximum atomic E-state index is 12.3. The van der Waals surface area contributed by atoms with E-state index in [1.165, 1.54) is 12.1 Å². The number of thiophene rings is 1. The number of hydrogen-bond donors (Lipinski definition) is 1. The van der Waals surface area contributed by atoms with Gasteiger partial charge in [-0.1, -0.05) is 11.3 Å². The first-order valence-electron chi connectivity index (χ1n) is 6.28. The zero-order chi connectivity index (χ0) is 13.6. The van der Waals surface area contributed by atoms with Crippen molar-refractivity contribution in [2.45, 2.75) is 18.9 Å². The zero-order valence-corrected chi connectivity index (χ0v) is 11.0. The van der Waals surface area contributed by atoms with Gasteiger partial charge in [0.25, 0.3) is 5.91 Å². The summed E-state index contributed by atoms with van der Waals surface area (Å²) in [6, 6.07) is 2.87. The highest BCUT2D eigenvalue weighted by molar-refractivity contribution is 7.17. The number of carbonyl (C=O) groups excluding carboxylic acids is 1. The van der Waals surface area contributed by atoms with E-state index in [2.05, 4.69) is 0 Å². The second-order valence-corrected chi connectivity index (χ2v) is 6.24. The maximum Gasteiger partial charge on any atom is 0.324 e. The Morgan fingerprint density at radius 2 is 2.21 bits per heavy atom. The minimum absolute atomic E-state index is 0.0113. The Morgan fingerprint density at radius 1 is 1.42 bits per heavy atom. The largest absolute Gasteiger partial charge is 0.393 e. The van der Waals surface area contributed by atoms with Gasteiger partial charge in [0.2, 0.25) is 0 Å². The Labute approximate surface area is 113 Å². The first-order valence-corrected chi connectivity index (χ1v) is 7.09.